The van der Waals surface area contributed by atoms with Crippen LogP contribution in [0.5, 0.6) is 0 Å². The number of amides is 3. The Morgan fingerprint density at radius 1 is 1.10 bits per heavy atom. The van der Waals surface area contributed by atoms with Crippen LogP contribution in [0.2, 0.25) is 0 Å². The van der Waals surface area contributed by atoms with Crippen LogP contribution in [0.1, 0.15) is 35.3 Å². The van der Waals surface area contributed by atoms with Crippen LogP contribution in [0.4, 0.5) is 10.5 Å². The lowest BCUT2D eigenvalue weighted by Crippen LogP contribution is -2.31. The Morgan fingerprint density at radius 3 is 2.52 bits per heavy atom. The number of carbonyl (C=O) groups excluding carboxylic acids is 2. The van der Waals surface area contributed by atoms with E-state index in [1.54, 1.807) is 23.1 Å². The van der Waals surface area contributed by atoms with Gasteiger partial charge in [-0.1, -0.05) is 18.2 Å². The first-order chi connectivity index (χ1) is 13.9. The molecular formula is C21H24N6O2. The molecule has 0 aliphatic heterocycles. The van der Waals surface area contributed by atoms with Crippen molar-refractivity contribution >= 4 is 17.6 Å². The lowest BCUT2D eigenvalue weighted by Gasteiger charge is -2.13. The number of urea groups is 1. The van der Waals surface area contributed by atoms with Gasteiger partial charge in [0.2, 0.25) is 0 Å². The minimum atomic E-state index is -0.343. The summed E-state index contributed by atoms with van der Waals surface area (Å²) in [6.07, 6.45) is 3.10. The van der Waals surface area contributed by atoms with E-state index in [4.69, 9.17) is 0 Å². The average Bonchev–Trinajstić information content (AvgIpc) is 3.22. The zero-order valence-electron chi connectivity index (χ0n) is 16.6. The van der Waals surface area contributed by atoms with Crippen molar-refractivity contribution in [1.29, 1.82) is 0 Å². The quantitative estimate of drug-likeness (QED) is 0.600. The highest BCUT2D eigenvalue weighted by Crippen LogP contribution is 2.16. The molecule has 0 spiro atoms. The van der Waals surface area contributed by atoms with Gasteiger partial charge >= 0.3 is 6.03 Å². The van der Waals surface area contributed by atoms with Crippen molar-refractivity contribution in [2.24, 2.45) is 0 Å². The van der Waals surface area contributed by atoms with E-state index in [0.717, 1.165) is 16.8 Å². The molecule has 3 rings (SSSR count). The Balaban J connectivity index is 1.57. The van der Waals surface area contributed by atoms with E-state index in [2.05, 4.69) is 26.0 Å². The lowest BCUT2D eigenvalue weighted by molar-refractivity contribution is 0.0942. The summed E-state index contributed by atoms with van der Waals surface area (Å²) in [5, 5.41) is 12.5. The summed E-state index contributed by atoms with van der Waals surface area (Å²) >= 11 is 0. The number of benzene rings is 2. The third-order valence-electron chi connectivity index (χ3n) is 4.23. The first-order valence-corrected chi connectivity index (χ1v) is 9.32. The molecule has 0 bridgehead atoms. The molecule has 3 N–H and O–H groups in total. The molecule has 150 valence electrons. The molecule has 29 heavy (non-hydrogen) atoms. The first kappa shape index (κ1) is 20.1. The molecule has 0 radical (unpaired) electrons. The molecule has 0 aliphatic rings. The van der Waals surface area contributed by atoms with Gasteiger partial charge in [-0.3, -0.25) is 4.79 Å². The fourth-order valence-corrected chi connectivity index (χ4v) is 2.75. The third-order valence-corrected chi connectivity index (χ3v) is 4.23. The standard InChI is InChI=1S/C21H24N6O2/c1-14(2)25-20(28)19-10-17(7-4-15(19)3)26-21(29)23-11-16-5-8-18(9-6-16)27-13-22-12-24-27/h4-10,12-14H,11H2,1-3H3,(H,25,28)(H2,23,26,29). The number of hydrogen-bond donors (Lipinski definition) is 3. The van der Waals surface area contributed by atoms with Gasteiger partial charge in [0.15, 0.2) is 0 Å². The largest absolute Gasteiger partial charge is 0.350 e. The Labute approximate surface area is 169 Å². The first-order valence-electron chi connectivity index (χ1n) is 9.32. The smallest absolute Gasteiger partial charge is 0.319 e. The van der Waals surface area contributed by atoms with Crippen LogP contribution in [-0.2, 0) is 6.54 Å². The topological polar surface area (TPSA) is 101 Å². The molecule has 0 saturated heterocycles. The number of nitrogens with zero attached hydrogens (tertiary/aromatic N) is 3. The van der Waals surface area contributed by atoms with E-state index in [9.17, 15) is 9.59 Å². The van der Waals surface area contributed by atoms with Crippen LogP contribution in [0.15, 0.2) is 55.1 Å². The highest BCUT2D eigenvalue weighted by Gasteiger charge is 2.12. The second kappa shape index (κ2) is 9.01. The second-order valence-electron chi connectivity index (χ2n) is 6.97. The zero-order valence-corrected chi connectivity index (χ0v) is 16.6. The number of carbonyl (C=O) groups is 2. The molecular weight excluding hydrogens is 368 g/mol. The van der Waals surface area contributed by atoms with Crippen LogP contribution < -0.4 is 16.0 Å². The number of aromatic nitrogens is 3. The van der Waals surface area contributed by atoms with Crippen molar-refractivity contribution in [2.45, 2.75) is 33.4 Å². The van der Waals surface area contributed by atoms with E-state index in [1.807, 2.05) is 51.1 Å². The number of aryl methyl sites for hydroxylation is 1. The van der Waals surface area contributed by atoms with Crippen molar-refractivity contribution in [3.8, 4) is 5.69 Å². The molecule has 3 aromatic rings. The predicted octanol–water partition coefficient (Wildman–Crippen LogP) is 3.04. The molecule has 0 saturated carbocycles. The van der Waals surface area contributed by atoms with Gasteiger partial charge in [0.05, 0.1) is 5.69 Å². The van der Waals surface area contributed by atoms with Gasteiger partial charge in [0.1, 0.15) is 12.7 Å². The SMILES string of the molecule is Cc1ccc(NC(=O)NCc2ccc(-n3cncn3)cc2)cc1C(=O)NC(C)C. The lowest BCUT2D eigenvalue weighted by atomic mass is 10.1. The van der Waals surface area contributed by atoms with E-state index >= 15 is 0 Å². The maximum absolute atomic E-state index is 12.3. The Hall–Kier alpha value is -3.68. The van der Waals surface area contributed by atoms with Gasteiger partial charge in [-0.25, -0.2) is 14.5 Å². The summed E-state index contributed by atoms with van der Waals surface area (Å²) in [6, 6.07) is 12.6. The fraction of sp³-hybridized carbons (Fsp3) is 0.238. The van der Waals surface area contributed by atoms with Crippen molar-refractivity contribution in [3.63, 3.8) is 0 Å². The number of nitrogens with one attached hydrogen (secondary N) is 3. The van der Waals surface area contributed by atoms with Crippen LogP contribution in [-0.4, -0.2) is 32.7 Å². The summed E-state index contributed by atoms with van der Waals surface area (Å²) in [7, 11) is 0. The van der Waals surface area contributed by atoms with Gasteiger partial charge in [-0.2, -0.15) is 5.10 Å². The van der Waals surface area contributed by atoms with Crippen LogP contribution in [0.25, 0.3) is 5.69 Å². The normalized spacial score (nSPS) is 10.6. The maximum atomic E-state index is 12.3. The summed E-state index contributed by atoms with van der Waals surface area (Å²) < 4.78 is 1.66. The molecule has 8 heteroatoms. The van der Waals surface area contributed by atoms with Crippen LogP contribution in [0, 0.1) is 6.92 Å². The molecule has 2 aromatic carbocycles. The van der Waals surface area contributed by atoms with Gasteiger partial charge in [-0.05, 0) is 56.2 Å². The monoisotopic (exact) mass is 392 g/mol. The van der Waals surface area contributed by atoms with Crippen molar-refractivity contribution in [3.05, 3.63) is 71.8 Å². The van der Waals surface area contributed by atoms with E-state index in [1.165, 1.54) is 6.33 Å². The molecule has 1 heterocycles. The number of hydrogen-bond acceptors (Lipinski definition) is 4. The molecule has 0 aliphatic carbocycles. The van der Waals surface area contributed by atoms with Crippen LogP contribution in [0.3, 0.4) is 0 Å². The second-order valence-corrected chi connectivity index (χ2v) is 6.97. The average molecular weight is 392 g/mol. The summed E-state index contributed by atoms with van der Waals surface area (Å²) in [5.74, 6) is -0.158. The number of anilines is 1. The highest BCUT2D eigenvalue weighted by atomic mass is 16.2. The van der Waals surface area contributed by atoms with E-state index < -0.39 is 0 Å². The predicted molar refractivity (Wildman–Crippen MR) is 111 cm³/mol. The molecule has 3 amide bonds. The molecule has 0 atom stereocenters. The summed E-state index contributed by atoms with van der Waals surface area (Å²) in [5.41, 5.74) is 3.79. The molecule has 8 nitrogen and oxygen atoms in total. The zero-order chi connectivity index (χ0) is 20.8. The Morgan fingerprint density at radius 2 is 1.86 bits per heavy atom. The van der Waals surface area contributed by atoms with Crippen molar-refractivity contribution in [2.75, 3.05) is 5.32 Å². The Kier molecular flexibility index (Phi) is 6.23. The highest BCUT2D eigenvalue weighted by molar-refractivity contribution is 5.98. The maximum Gasteiger partial charge on any atom is 0.319 e. The van der Waals surface area contributed by atoms with Gasteiger partial charge < -0.3 is 16.0 Å². The van der Waals surface area contributed by atoms with Gasteiger partial charge in [-0.15, -0.1) is 0 Å². The minimum Gasteiger partial charge on any atom is -0.350 e. The van der Waals surface area contributed by atoms with Crippen LogP contribution >= 0.6 is 0 Å². The van der Waals surface area contributed by atoms with E-state index in [0.29, 0.717) is 17.8 Å². The molecule has 0 unspecified atom stereocenters. The Bertz CT molecular complexity index is 981. The third kappa shape index (κ3) is 5.41. The molecule has 0 fully saturated rings. The van der Waals surface area contributed by atoms with Crippen molar-refractivity contribution in [1.82, 2.24) is 25.4 Å². The fourth-order valence-electron chi connectivity index (χ4n) is 2.75. The van der Waals surface area contributed by atoms with Gasteiger partial charge in [0.25, 0.3) is 5.91 Å². The summed E-state index contributed by atoms with van der Waals surface area (Å²) in [4.78, 5) is 28.4. The minimum absolute atomic E-state index is 0.0396. The number of rotatable bonds is 6. The van der Waals surface area contributed by atoms with Gasteiger partial charge in [0, 0.05) is 23.8 Å². The van der Waals surface area contributed by atoms with E-state index in [-0.39, 0.29) is 18.0 Å². The summed E-state index contributed by atoms with van der Waals surface area (Å²) in [6.45, 7) is 6.04. The van der Waals surface area contributed by atoms with Crippen molar-refractivity contribution < 1.29 is 9.59 Å². The molecule has 1 aromatic heterocycles.